The van der Waals surface area contributed by atoms with Crippen LogP contribution in [0.4, 0.5) is 26.3 Å². The van der Waals surface area contributed by atoms with E-state index in [1.54, 1.807) is 13.8 Å². The summed E-state index contributed by atoms with van der Waals surface area (Å²) in [4.78, 5) is 28.7. The van der Waals surface area contributed by atoms with Crippen molar-refractivity contribution in [2.24, 2.45) is 0 Å². The molecule has 42 heavy (non-hydrogen) atoms. The van der Waals surface area contributed by atoms with Gasteiger partial charge in [0.25, 0.3) is 11.8 Å². The number of aliphatic hydroxyl groups is 2. The molecular weight excluding hydrogens is 566 g/mol. The molecule has 2 atom stereocenters. The molecule has 2 amide bonds. The van der Waals surface area contributed by atoms with Gasteiger partial charge in [-0.15, -0.1) is 0 Å². The number of nitrogens with zero attached hydrogens (tertiary/aromatic N) is 2. The van der Waals surface area contributed by atoms with E-state index in [4.69, 9.17) is 0 Å². The van der Waals surface area contributed by atoms with Crippen LogP contribution in [0.3, 0.4) is 0 Å². The minimum absolute atomic E-state index is 0.204. The maximum absolute atomic E-state index is 13.0. The second-order valence-corrected chi connectivity index (χ2v) is 10.2. The third kappa shape index (κ3) is 5.84. The zero-order valence-electron chi connectivity index (χ0n) is 22.9. The second-order valence-electron chi connectivity index (χ2n) is 10.2. The number of carbonyl (C=O) groups is 2. The standard InChI is InChI=1S/C30H30F6N2O4/c1-3-21-23(17-7-11-19(12-8-17)29(31,32)33)25(39)27(41)37(21)15-5-6-16-38-22(4-2)24(26(40)28(38)42)18-9-13-20(14-10-18)30(34,35)36/h7-14,21-22,39-40H,3-6,15-16H2,1-2H3. The minimum Gasteiger partial charge on any atom is -0.503 e. The quantitative estimate of drug-likeness (QED) is 0.242. The highest BCUT2D eigenvalue weighted by Gasteiger charge is 2.41. The number of amides is 2. The third-order valence-electron chi connectivity index (χ3n) is 7.72. The van der Waals surface area contributed by atoms with Gasteiger partial charge in [0, 0.05) is 24.2 Å². The number of unbranched alkanes of at least 4 members (excludes halogenated alkanes) is 1. The lowest BCUT2D eigenvalue weighted by atomic mass is 9.96. The van der Waals surface area contributed by atoms with Gasteiger partial charge in [-0.05, 0) is 61.1 Å². The maximum atomic E-state index is 13.0. The smallest absolute Gasteiger partial charge is 0.416 e. The van der Waals surface area contributed by atoms with Crippen molar-refractivity contribution < 1.29 is 46.1 Å². The van der Waals surface area contributed by atoms with E-state index in [2.05, 4.69) is 0 Å². The van der Waals surface area contributed by atoms with E-state index < -0.39 is 58.9 Å². The Hall–Kier alpha value is -3.96. The number of hydrogen-bond donors (Lipinski definition) is 2. The molecule has 2 aromatic rings. The lowest BCUT2D eigenvalue weighted by Gasteiger charge is -2.28. The molecule has 2 N–H and O–H groups in total. The van der Waals surface area contributed by atoms with E-state index in [0.717, 1.165) is 24.3 Å². The third-order valence-corrected chi connectivity index (χ3v) is 7.72. The van der Waals surface area contributed by atoms with Crippen LogP contribution < -0.4 is 0 Å². The molecule has 0 saturated heterocycles. The van der Waals surface area contributed by atoms with E-state index in [0.29, 0.717) is 36.8 Å². The van der Waals surface area contributed by atoms with Crippen LogP contribution in [0.1, 0.15) is 61.8 Å². The first kappa shape index (κ1) is 31.0. The van der Waals surface area contributed by atoms with Crippen molar-refractivity contribution in [3.05, 3.63) is 82.3 Å². The van der Waals surface area contributed by atoms with Gasteiger partial charge in [0.15, 0.2) is 11.5 Å². The number of rotatable bonds is 9. The van der Waals surface area contributed by atoms with Crippen LogP contribution >= 0.6 is 0 Å². The molecule has 2 unspecified atom stereocenters. The van der Waals surface area contributed by atoms with Crippen molar-refractivity contribution >= 4 is 23.0 Å². The van der Waals surface area contributed by atoms with E-state index in [-0.39, 0.29) is 24.2 Å². The summed E-state index contributed by atoms with van der Waals surface area (Å²) in [6.45, 7) is 3.99. The lowest BCUT2D eigenvalue weighted by Crippen LogP contribution is -2.38. The number of halogens is 6. The SMILES string of the molecule is CCC1C(c2ccc(C(F)(F)F)cc2)=C(O)C(=O)N1CCCCN1C(=O)C(O)=C(c2ccc(C(F)(F)F)cc2)C1CC. The van der Waals surface area contributed by atoms with Crippen LogP contribution in [0.15, 0.2) is 60.0 Å². The predicted octanol–water partition coefficient (Wildman–Crippen LogP) is 6.98. The summed E-state index contributed by atoms with van der Waals surface area (Å²) in [6, 6.07) is 7.40. The highest BCUT2D eigenvalue weighted by Crippen LogP contribution is 2.38. The molecule has 2 heterocycles. The molecule has 0 aromatic heterocycles. The van der Waals surface area contributed by atoms with Gasteiger partial charge >= 0.3 is 12.4 Å². The first-order valence-corrected chi connectivity index (χ1v) is 13.5. The normalized spacial score (nSPS) is 20.0. The number of benzene rings is 2. The maximum Gasteiger partial charge on any atom is 0.416 e. The largest absolute Gasteiger partial charge is 0.503 e. The van der Waals surface area contributed by atoms with Crippen LogP contribution in [-0.2, 0) is 21.9 Å². The average molecular weight is 597 g/mol. The van der Waals surface area contributed by atoms with Gasteiger partial charge in [-0.3, -0.25) is 9.59 Å². The van der Waals surface area contributed by atoms with E-state index in [1.165, 1.54) is 34.1 Å². The summed E-state index contributed by atoms with van der Waals surface area (Å²) >= 11 is 0. The molecule has 6 nitrogen and oxygen atoms in total. The molecule has 2 aliphatic rings. The molecule has 0 fully saturated rings. The molecule has 226 valence electrons. The Morgan fingerprint density at radius 3 is 1.19 bits per heavy atom. The molecule has 0 saturated carbocycles. The first-order chi connectivity index (χ1) is 19.7. The summed E-state index contributed by atoms with van der Waals surface area (Å²) in [7, 11) is 0. The van der Waals surface area contributed by atoms with Crippen LogP contribution in [0.5, 0.6) is 0 Å². The zero-order valence-corrected chi connectivity index (χ0v) is 22.9. The molecule has 4 rings (SSSR count). The fraction of sp³-hybridized carbons (Fsp3) is 0.400. The number of alkyl halides is 6. The Morgan fingerprint density at radius 2 is 0.929 bits per heavy atom. The molecule has 0 bridgehead atoms. The first-order valence-electron chi connectivity index (χ1n) is 13.5. The van der Waals surface area contributed by atoms with Gasteiger partial charge in [0.05, 0.1) is 23.2 Å². The zero-order chi connectivity index (χ0) is 31.0. The van der Waals surface area contributed by atoms with Crippen molar-refractivity contribution in [1.29, 1.82) is 0 Å². The highest BCUT2D eigenvalue weighted by atomic mass is 19.4. The topological polar surface area (TPSA) is 81.1 Å². The predicted molar refractivity (Wildman–Crippen MR) is 143 cm³/mol. The second kappa shape index (κ2) is 11.7. The van der Waals surface area contributed by atoms with E-state index in [1.807, 2.05) is 0 Å². The highest BCUT2D eigenvalue weighted by molar-refractivity contribution is 6.06. The van der Waals surface area contributed by atoms with E-state index in [9.17, 15) is 46.1 Å². The summed E-state index contributed by atoms with van der Waals surface area (Å²) in [5, 5.41) is 21.2. The van der Waals surface area contributed by atoms with Gasteiger partial charge in [-0.1, -0.05) is 38.1 Å². The summed E-state index contributed by atoms with van der Waals surface area (Å²) in [6.07, 6.45) is -7.41. The fourth-order valence-corrected chi connectivity index (χ4v) is 5.68. The number of carbonyl (C=O) groups excluding carboxylic acids is 2. The average Bonchev–Trinajstić information content (AvgIpc) is 3.33. The summed E-state index contributed by atoms with van der Waals surface area (Å²) in [5.41, 5.74) is -0.545. The van der Waals surface area contributed by atoms with Crippen LogP contribution in [0.25, 0.3) is 11.1 Å². The Kier molecular flexibility index (Phi) is 8.65. The Morgan fingerprint density at radius 1 is 0.619 bits per heavy atom. The van der Waals surface area contributed by atoms with E-state index >= 15 is 0 Å². The van der Waals surface area contributed by atoms with Crippen molar-refractivity contribution in [2.45, 2.75) is 64.0 Å². The molecule has 2 aromatic carbocycles. The van der Waals surface area contributed by atoms with Crippen molar-refractivity contribution in [2.75, 3.05) is 13.1 Å². The van der Waals surface area contributed by atoms with Gasteiger partial charge in [0.1, 0.15) is 0 Å². The van der Waals surface area contributed by atoms with Gasteiger partial charge in [-0.25, -0.2) is 0 Å². The van der Waals surface area contributed by atoms with Crippen molar-refractivity contribution in [3.8, 4) is 0 Å². The van der Waals surface area contributed by atoms with Crippen molar-refractivity contribution in [3.63, 3.8) is 0 Å². The summed E-state index contributed by atoms with van der Waals surface area (Å²) < 4.78 is 77.9. The van der Waals surface area contributed by atoms with Gasteiger partial charge in [0.2, 0.25) is 0 Å². The Labute approximate surface area is 238 Å². The molecule has 0 spiro atoms. The summed E-state index contributed by atoms with van der Waals surface area (Å²) in [5.74, 6) is -2.30. The number of hydrogen-bond acceptors (Lipinski definition) is 4. The van der Waals surface area contributed by atoms with Crippen molar-refractivity contribution in [1.82, 2.24) is 9.80 Å². The van der Waals surface area contributed by atoms with Crippen LogP contribution in [0, 0.1) is 0 Å². The Balaban J connectivity index is 1.40. The molecule has 0 aliphatic carbocycles. The Bertz CT molecular complexity index is 1290. The number of aliphatic hydroxyl groups excluding tert-OH is 2. The molecule has 0 radical (unpaired) electrons. The molecule has 2 aliphatic heterocycles. The molecular formula is C30H30F6N2O4. The lowest BCUT2D eigenvalue weighted by molar-refractivity contribution is -0.138. The monoisotopic (exact) mass is 596 g/mol. The van der Waals surface area contributed by atoms with Crippen LogP contribution in [-0.4, -0.2) is 57.0 Å². The van der Waals surface area contributed by atoms with Gasteiger partial charge in [-0.2, -0.15) is 26.3 Å². The fourth-order valence-electron chi connectivity index (χ4n) is 5.68. The van der Waals surface area contributed by atoms with Crippen LogP contribution in [0.2, 0.25) is 0 Å². The molecule has 12 heteroatoms. The minimum atomic E-state index is -4.52. The van der Waals surface area contributed by atoms with Gasteiger partial charge < -0.3 is 20.0 Å².